The van der Waals surface area contributed by atoms with Gasteiger partial charge in [0.25, 0.3) is 0 Å². The molecule has 0 saturated carbocycles. The fraction of sp³-hybridized carbons (Fsp3) is 0.667. The van der Waals surface area contributed by atoms with Crippen molar-refractivity contribution in [2.75, 3.05) is 19.7 Å². The SMILES string of the molecule is CCN(CC)C(=O)Oc1ccc2c(c1)c(CCO[Si](C)(C)C(C)(C)C)cn2[Si](C)(C)C(C)(C)C. The molecule has 1 heterocycles. The lowest BCUT2D eigenvalue weighted by Crippen LogP contribution is -2.44. The fourth-order valence-electron chi connectivity index (χ4n) is 3.64. The summed E-state index contributed by atoms with van der Waals surface area (Å²) in [6.07, 6.45) is 2.89. The monoisotopic (exact) mass is 504 g/mol. The average molecular weight is 505 g/mol. The smallest absolute Gasteiger partial charge is 0.415 e. The van der Waals surface area contributed by atoms with Crippen LogP contribution in [0.3, 0.4) is 0 Å². The summed E-state index contributed by atoms with van der Waals surface area (Å²) in [5.41, 5.74) is 2.48. The maximum Gasteiger partial charge on any atom is 0.415 e. The van der Waals surface area contributed by atoms with Crippen molar-refractivity contribution in [3.05, 3.63) is 30.0 Å². The van der Waals surface area contributed by atoms with E-state index >= 15 is 0 Å². The van der Waals surface area contributed by atoms with E-state index in [0.717, 1.165) is 11.8 Å². The zero-order chi connectivity index (χ0) is 26.1. The van der Waals surface area contributed by atoms with Gasteiger partial charge >= 0.3 is 6.09 Å². The van der Waals surface area contributed by atoms with Crippen molar-refractivity contribution >= 4 is 33.5 Å². The van der Waals surface area contributed by atoms with Crippen molar-refractivity contribution in [3.8, 4) is 5.75 Å². The van der Waals surface area contributed by atoms with Crippen LogP contribution in [-0.4, -0.2) is 51.5 Å². The first-order chi connectivity index (χ1) is 15.5. The number of aromatic nitrogens is 1. The van der Waals surface area contributed by atoms with Crippen LogP contribution < -0.4 is 4.74 Å². The van der Waals surface area contributed by atoms with E-state index in [-0.39, 0.29) is 16.2 Å². The van der Waals surface area contributed by atoms with Gasteiger partial charge in [-0.3, -0.25) is 0 Å². The van der Waals surface area contributed by atoms with Crippen molar-refractivity contribution in [1.82, 2.24) is 9.13 Å². The minimum absolute atomic E-state index is 0.188. The van der Waals surface area contributed by atoms with Gasteiger partial charge in [-0.15, -0.1) is 0 Å². The number of carbonyl (C=O) groups is 1. The van der Waals surface area contributed by atoms with E-state index in [9.17, 15) is 4.79 Å². The van der Waals surface area contributed by atoms with Gasteiger partial charge in [0, 0.05) is 30.6 Å². The molecule has 2 aromatic rings. The summed E-state index contributed by atoms with van der Waals surface area (Å²) in [4.78, 5) is 14.3. The fourth-order valence-corrected chi connectivity index (χ4v) is 6.69. The first-order valence-corrected chi connectivity index (χ1v) is 18.6. The first-order valence-electron chi connectivity index (χ1n) is 12.7. The number of benzene rings is 1. The summed E-state index contributed by atoms with van der Waals surface area (Å²) in [7, 11) is -3.65. The second kappa shape index (κ2) is 10.2. The number of ether oxygens (including phenoxy) is 1. The second-order valence-corrected chi connectivity index (χ2v) is 22.3. The van der Waals surface area contributed by atoms with Crippen LogP contribution in [0.4, 0.5) is 4.79 Å². The topological polar surface area (TPSA) is 43.7 Å². The summed E-state index contributed by atoms with van der Waals surface area (Å²) in [5, 5.41) is 1.55. The molecule has 0 fully saturated rings. The Labute approximate surface area is 210 Å². The molecule has 2 rings (SSSR count). The molecule has 192 valence electrons. The lowest BCUT2D eigenvalue weighted by Gasteiger charge is -2.38. The maximum atomic E-state index is 12.6. The van der Waals surface area contributed by atoms with E-state index in [1.54, 1.807) is 4.90 Å². The van der Waals surface area contributed by atoms with Gasteiger partial charge in [0.2, 0.25) is 0 Å². The molecule has 0 radical (unpaired) electrons. The standard InChI is InChI=1S/C27H48N2O3Si2/c1-13-28(14-2)25(30)32-22-15-16-24-23(19-22)21(17-18-31-34(11,12)27(6,7)8)20-29(24)33(9,10)26(3,4)5/h15-16,19-20H,13-14,17-18H2,1-12H3. The van der Waals surface area contributed by atoms with E-state index in [2.05, 4.69) is 84.2 Å². The quantitative estimate of drug-likeness (QED) is 0.343. The van der Waals surface area contributed by atoms with Crippen LogP contribution in [0.2, 0.25) is 36.3 Å². The Bertz CT molecular complexity index is 994. The highest BCUT2D eigenvalue weighted by molar-refractivity contribution is 6.79. The molecule has 7 heteroatoms. The predicted octanol–water partition coefficient (Wildman–Crippen LogP) is 7.90. The summed E-state index contributed by atoms with van der Waals surface area (Å²) < 4.78 is 14.8. The predicted molar refractivity (Wildman–Crippen MR) is 150 cm³/mol. The highest BCUT2D eigenvalue weighted by Crippen LogP contribution is 2.41. The Kier molecular flexibility index (Phi) is 8.59. The first kappa shape index (κ1) is 28.7. The summed E-state index contributed by atoms with van der Waals surface area (Å²) in [6.45, 7) is 29.2. The molecule has 0 saturated heterocycles. The Morgan fingerprint density at radius 2 is 1.56 bits per heavy atom. The molecule has 0 aliphatic heterocycles. The number of hydrogen-bond donors (Lipinski definition) is 0. The summed E-state index contributed by atoms with van der Waals surface area (Å²) in [6, 6.07) is 6.10. The van der Waals surface area contributed by atoms with Gasteiger partial charge in [0.05, 0.1) is 0 Å². The van der Waals surface area contributed by atoms with E-state index in [1.165, 1.54) is 11.1 Å². The molecule has 0 atom stereocenters. The highest BCUT2D eigenvalue weighted by Gasteiger charge is 2.39. The van der Waals surface area contributed by atoms with Gasteiger partial charge in [-0.1, -0.05) is 54.6 Å². The Morgan fingerprint density at radius 1 is 0.971 bits per heavy atom. The molecular weight excluding hydrogens is 456 g/mol. The number of fused-ring (bicyclic) bond motifs is 1. The molecule has 0 aliphatic carbocycles. The number of amides is 1. The molecule has 0 spiro atoms. The molecule has 34 heavy (non-hydrogen) atoms. The van der Waals surface area contributed by atoms with E-state index < -0.39 is 16.6 Å². The second-order valence-electron chi connectivity index (χ2n) is 12.4. The van der Waals surface area contributed by atoms with Crippen molar-refractivity contribution in [2.45, 2.75) is 98.1 Å². The molecular formula is C27H48N2O3Si2. The van der Waals surface area contributed by atoms with Crippen LogP contribution in [0, 0.1) is 0 Å². The average Bonchev–Trinajstić information content (AvgIpc) is 3.05. The summed E-state index contributed by atoms with van der Waals surface area (Å²) in [5.74, 6) is 0.601. The Morgan fingerprint density at radius 3 is 2.06 bits per heavy atom. The van der Waals surface area contributed by atoms with Gasteiger partial charge in [-0.25, -0.2) is 4.79 Å². The minimum Gasteiger partial charge on any atom is -0.416 e. The van der Waals surface area contributed by atoms with Crippen molar-refractivity contribution in [3.63, 3.8) is 0 Å². The number of nitrogens with zero attached hydrogens (tertiary/aromatic N) is 2. The molecule has 1 amide bonds. The van der Waals surface area contributed by atoms with Gasteiger partial charge in [0.15, 0.2) is 16.6 Å². The maximum absolute atomic E-state index is 12.6. The largest absolute Gasteiger partial charge is 0.416 e. The van der Waals surface area contributed by atoms with Crippen molar-refractivity contribution in [1.29, 1.82) is 0 Å². The van der Waals surface area contributed by atoms with Crippen LogP contribution in [0.25, 0.3) is 10.9 Å². The highest BCUT2D eigenvalue weighted by atomic mass is 28.4. The third-order valence-electron chi connectivity index (χ3n) is 8.16. The lowest BCUT2D eigenvalue weighted by molar-refractivity contribution is 0.157. The Balaban J connectivity index is 2.48. The normalized spacial score (nSPS) is 13.4. The number of rotatable bonds is 8. The third-order valence-corrected chi connectivity index (χ3v) is 17.9. The zero-order valence-electron chi connectivity index (χ0n) is 23.8. The molecule has 1 aromatic carbocycles. The molecule has 5 nitrogen and oxygen atoms in total. The van der Waals surface area contributed by atoms with Crippen LogP contribution in [0.5, 0.6) is 5.75 Å². The van der Waals surface area contributed by atoms with Gasteiger partial charge < -0.3 is 18.3 Å². The third kappa shape index (κ3) is 5.97. The van der Waals surface area contributed by atoms with Crippen LogP contribution in [0.1, 0.15) is 61.0 Å². The number of carbonyl (C=O) groups excluding carboxylic acids is 1. The minimum atomic E-state index is -1.84. The van der Waals surface area contributed by atoms with E-state index in [4.69, 9.17) is 9.16 Å². The molecule has 0 N–H and O–H groups in total. The van der Waals surface area contributed by atoms with E-state index in [1.807, 2.05) is 26.0 Å². The van der Waals surface area contributed by atoms with Crippen LogP contribution in [-0.2, 0) is 10.8 Å². The van der Waals surface area contributed by atoms with Gasteiger partial charge in [0.1, 0.15) is 5.75 Å². The van der Waals surface area contributed by atoms with E-state index in [0.29, 0.717) is 25.4 Å². The number of hydrogen-bond acceptors (Lipinski definition) is 3. The van der Waals surface area contributed by atoms with Gasteiger partial charge in [-0.2, -0.15) is 0 Å². The lowest BCUT2D eigenvalue weighted by atomic mass is 10.1. The summed E-state index contributed by atoms with van der Waals surface area (Å²) >= 11 is 0. The molecule has 0 bridgehead atoms. The van der Waals surface area contributed by atoms with Crippen molar-refractivity contribution < 1.29 is 14.0 Å². The van der Waals surface area contributed by atoms with Crippen LogP contribution >= 0.6 is 0 Å². The van der Waals surface area contributed by atoms with Gasteiger partial charge in [-0.05, 0) is 73.4 Å². The van der Waals surface area contributed by atoms with Crippen LogP contribution in [0.15, 0.2) is 24.4 Å². The molecule has 0 unspecified atom stereocenters. The Hall–Kier alpha value is -1.58. The molecule has 1 aromatic heterocycles. The van der Waals surface area contributed by atoms with Crippen molar-refractivity contribution in [2.24, 2.45) is 0 Å². The molecule has 0 aliphatic rings. The zero-order valence-corrected chi connectivity index (χ0v) is 25.8.